The van der Waals surface area contributed by atoms with Crippen LogP contribution in [0.3, 0.4) is 0 Å². The third-order valence-electron chi connectivity index (χ3n) is 4.73. The number of benzene rings is 3. The molecule has 0 aliphatic rings. The fourth-order valence-electron chi connectivity index (χ4n) is 3.03. The highest BCUT2D eigenvalue weighted by Gasteiger charge is 2.14. The van der Waals surface area contributed by atoms with E-state index < -0.39 is 10.0 Å². The second-order valence-electron chi connectivity index (χ2n) is 7.09. The number of rotatable bonds is 10. The number of carbonyl (C=O) groups is 1. The van der Waals surface area contributed by atoms with Crippen LogP contribution >= 0.6 is 0 Å². The van der Waals surface area contributed by atoms with Gasteiger partial charge in [0, 0.05) is 6.54 Å². The number of hydrogen-bond donors (Lipinski definition) is 2. The van der Waals surface area contributed by atoms with Crippen molar-refractivity contribution in [2.24, 2.45) is 0 Å². The molecule has 1 unspecified atom stereocenters. The van der Waals surface area contributed by atoms with Crippen LogP contribution in [0.15, 0.2) is 89.8 Å². The molecule has 2 N–H and O–H groups in total. The topological polar surface area (TPSA) is 84.5 Å². The van der Waals surface area contributed by atoms with Crippen molar-refractivity contribution in [3.8, 4) is 5.75 Å². The molecule has 0 heterocycles. The summed E-state index contributed by atoms with van der Waals surface area (Å²) in [6.45, 7) is 2.06. The van der Waals surface area contributed by atoms with Gasteiger partial charge in [-0.25, -0.2) is 13.1 Å². The third kappa shape index (κ3) is 6.94. The standard InChI is InChI=1S/C24H26N2O4S/c1-19(21-10-6-3-7-11-21)26-24(27)18-30-22-12-14-23(15-13-22)31(28,29)25-17-16-20-8-4-2-5-9-20/h2-15,19,25H,16-18H2,1H3,(H,26,27). The predicted molar refractivity (Wildman–Crippen MR) is 120 cm³/mol. The Bertz CT molecular complexity index is 1070. The summed E-state index contributed by atoms with van der Waals surface area (Å²) in [4.78, 5) is 12.3. The molecule has 3 rings (SSSR count). The average Bonchev–Trinajstić information content (AvgIpc) is 2.79. The van der Waals surface area contributed by atoms with E-state index in [-0.39, 0.29) is 23.5 Å². The van der Waals surface area contributed by atoms with Crippen molar-refractivity contribution >= 4 is 15.9 Å². The van der Waals surface area contributed by atoms with Gasteiger partial charge in [-0.3, -0.25) is 4.79 Å². The number of hydrogen-bond acceptors (Lipinski definition) is 4. The molecule has 0 bridgehead atoms. The lowest BCUT2D eigenvalue weighted by atomic mass is 10.1. The Kier molecular flexibility index (Phi) is 7.81. The van der Waals surface area contributed by atoms with Crippen LogP contribution in [0, 0.1) is 0 Å². The van der Waals surface area contributed by atoms with E-state index in [4.69, 9.17) is 4.74 Å². The van der Waals surface area contributed by atoms with E-state index in [9.17, 15) is 13.2 Å². The zero-order valence-corrected chi connectivity index (χ0v) is 18.1. The van der Waals surface area contributed by atoms with Gasteiger partial charge in [-0.15, -0.1) is 0 Å². The zero-order valence-electron chi connectivity index (χ0n) is 17.3. The molecule has 0 saturated carbocycles. The zero-order chi connectivity index (χ0) is 22.1. The lowest BCUT2D eigenvalue weighted by molar-refractivity contribution is -0.123. The first kappa shape index (κ1) is 22.5. The molecule has 1 atom stereocenters. The molecule has 1 amide bonds. The molecule has 0 fully saturated rings. The highest BCUT2D eigenvalue weighted by Crippen LogP contribution is 2.16. The summed E-state index contributed by atoms with van der Waals surface area (Å²) >= 11 is 0. The van der Waals surface area contributed by atoms with Gasteiger partial charge >= 0.3 is 0 Å². The van der Waals surface area contributed by atoms with Gasteiger partial charge in [-0.2, -0.15) is 0 Å². The molecule has 0 saturated heterocycles. The van der Waals surface area contributed by atoms with E-state index in [0.29, 0.717) is 18.7 Å². The molecular weight excluding hydrogens is 412 g/mol. The molecular formula is C24H26N2O4S. The molecule has 7 heteroatoms. The number of ether oxygens (including phenoxy) is 1. The molecule has 0 aliphatic heterocycles. The quantitative estimate of drug-likeness (QED) is 0.508. The largest absolute Gasteiger partial charge is 0.484 e. The fourth-order valence-corrected chi connectivity index (χ4v) is 4.06. The van der Waals surface area contributed by atoms with E-state index in [2.05, 4.69) is 10.0 Å². The lowest BCUT2D eigenvalue weighted by Gasteiger charge is -2.14. The van der Waals surface area contributed by atoms with Crippen molar-refractivity contribution < 1.29 is 17.9 Å². The Morgan fingerprint density at radius 3 is 2.16 bits per heavy atom. The van der Waals surface area contributed by atoms with E-state index in [1.54, 1.807) is 12.1 Å². The van der Waals surface area contributed by atoms with Gasteiger partial charge in [0.1, 0.15) is 5.75 Å². The SMILES string of the molecule is CC(NC(=O)COc1ccc(S(=O)(=O)NCCc2ccccc2)cc1)c1ccccc1. The van der Waals surface area contributed by atoms with Gasteiger partial charge in [0.2, 0.25) is 10.0 Å². The maximum Gasteiger partial charge on any atom is 0.258 e. The van der Waals surface area contributed by atoms with Crippen LogP contribution < -0.4 is 14.8 Å². The van der Waals surface area contributed by atoms with Crippen LogP contribution in [0.2, 0.25) is 0 Å². The van der Waals surface area contributed by atoms with E-state index in [1.807, 2.05) is 67.6 Å². The van der Waals surface area contributed by atoms with Crippen LogP contribution in [0.25, 0.3) is 0 Å². The van der Waals surface area contributed by atoms with Crippen LogP contribution in [0.1, 0.15) is 24.1 Å². The second kappa shape index (κ2) is 10.7. The first-order valence-electron chi connectivity index (χ1n) is 10.0. The van der Waals surface area contributed by atoms with Crippen molar-refractivity contribution in [1.82, 2.24) is 10.0 Å². The maximum absolute atomic E-state index is 12.4. The lowest BCUT2D eigenvalue weighted by Crippen LogP contribution is -2.31. The number of nitrogens with one attached hydrogen (secondary N) is 2. The van der Waals surface area contributed by atoms with Crippen LogP contribution in [-0.4, -0.2) is 27.5 Å². The van der Waals surface area contributed by atoms with Crippen LogP contribution in [0.5, 0.6) is 5.75 Å². The van der Waals surface area contributed by atoms with Gasteiger partial charge in [-0.05, 0) is 48.7 Å². The Morgan fingerprint density at radius 1 is 0.903 bits per heavy atom. The predicted octanol–water partition coefficient (Wildman–Crippen LogP) is 3.46. The van der Waals surface area contributed by atoms with Gasteiger partial charge in [0.05, 0.1) is 10.9 Å². The van der Waals surface area contributed by atoms with Crippen molar-refractivity contribution in [3.63, 3.8) is 0 Å². The Morgan fingerprint density at radius 2 is 1.52 bits per heavy atom. The van der Waals surface area contributed by atoms with Crippen LogP contribution in [0.4, 0.5) is 0 Å². The fraction of sp³-hybridized carbons (Fsp3) is 0.208. The van der Waals surface area contributed by atoms with Gasteiger partial charge in [-0.1, -0.05) is 60.7 Å². The molecule has 3 aromatic rings. The summed E-state index contributed by atoms with van der Waals surface area (Å²) in [6.07, 6.45) is 0.609. The molecule has 31 heavy (non-hydrogen) atoms. The summed E-state index contributed by atoms with van der Waals surface area (Å²) in [5.41, 5.74) is 2.07. The highest BCUT2D eigenvalue weighted by molar-refractivity contribution is 7.89. The number of sulfonamides is 1. The minimum Gasteiger partial charge on any atom is -0.484 e. The first-order chi connectivity index (χ1) is 14.9. The first-order valence-corrected chi connectivity index (χ1v) is 11.5. The molecule has 3 aromatic carbocycles. The smallest absolute Gasteiger partial charge is 0.258 e. The Hall–Kier alpha value is -3.16. The summed E-state index contributed by atoms with van der Waals surface area (Å²) in [7, 11) is -3.61. The Labute approximate surface area is 183 Å². The number of carbonyl (C=O) groups excluding carboxylic acids is 1. The van der Waals surface area contributed by atoms with Gasteiger partial charge in [0.15, 0.2) is 6.61 Å². The minimum absolute atomic E-state index is 0.133. The molecule has 0 spiro atoms. The average molecular weight is 439 g/mol. The highest BCUT2D eigenvalue weighted by atomic mass is 32.2. The van der Waals surface area contributed by atoms with Crippen molar-refractivity contribution in [2.45, 2.75) is 24.3 Å². The van der Waals surface area contributed by atoms with Crippen molar-refractivity contribution in [3.05, 3.63) is 96.1 Å². The third-order valence-corrected chi connectivity index (χ3v) is 6.21. The monoisotopic (exact) mass is 438 g/mol. The maximum atomic E-state index is 12.4. The summed E-state index contributed by atoms with van der Waals surface area (Å²) in [5, 5.41) is 2.87. The normalized spacial score (nSPS) is 12.2. The van der Waals surface area contributed by atoms with E-state index >= 15 is 0 Å². The Balaban J connectivity index is 1.47. The van der Waals surface area contributed by atoms with Gasteiger partial charge < -0.3 is 10.1 Å². The van der Waals surface area contributed by atoms with Crippen LogP contribution in [-0.2, 0) is 21.2 Å². The van der Waals surface area contributed by atoms with Gasteiger partial charge in [0.25, 0.3) is 5.91 Å². The second-order valence-corrected chi connectivity index (χ2v) is 8.86. The van der Waals surface area contributed by atoms with Crippen molar-refractivity contribution in [2.75, 3.05) is 13.2 Å². The van der Waals surface area contributed by atoms with Crippen molar-refractivity contribution in [1.29, 1.82) is 0 Å². The summed E-state index contributed by atoms with van der Waals surface area (Å²) in [5.74, 6) is 0.168. The summed E-state index contributed by atoms with van der Waals surface area (Å²) < 4.78 is 33.0. The molecule has 0 aliphatic carbocycles. The molecule has 0 radical (unpaired) electrons. The molecule has 6 nitrogen and oxygen atoms in total. The molecule has 162 valence electrons. The summed E-state index contributed by atoms with van der Waals surface area (Å²) in [6, 6.07) is 25.2. The number of amides is 1. The van der Waals surface area contributed by atoms with E-state index in [0.717, 1.165) is 11.1 Å². The van der Waals surface area contributed by atoms with E-state index in [1.165, 1.54) is 12.1 Å². The minimum atomic E-state index is -3.61. The molecule has 0 aromatic heterocycles.